The normalized spacial score (nSPS) is 11.2. The van der Waals surface area contributed by atoms with Crippen LogP contribution in [-0.2, 0) is 0 Å². The molecule has 624 valence electrons. The van der Waals surface area contributed by atoms with Gasteiger partial charge in [0.05, 0.1) is 182 Å². The summed E-state index contributed by atoms with van der Waals surface area (Å²) in [6, 6.07) is 124. The van der Waals surface area contributed by atoms with Gasteiger partial charge in [-0.15, -0.1) is 0 Å². The van der Waals surface area contributed by atoms with Gasteiger partial charge < -0.3 is 4.57 Å². The maximum Gasteiger partial charge on any atom is 0.179 e. The Hall–Kier alpha value is -18.8. The van der Waals surface area contributed by atoms with Gasteiger partial charge in [0.15, 0.2) is 5.82 Å². The molecule has 0 unspecified atom stereocenters. The molecule has 0 aliphatic heterocycles. The molecule has 0 radical (unpaired) electrons. The van der Waals surface area contributed by atoms with E-state index in [0.29, 0.717) is 45.7 Å². The van der Waals surface area contributed by atoms with E-state index in [9.17, 15) is 0 Å². The van der Waals surface area contributed by atoms with Crippen LogP contribution in [-0.4, -0.2) is 104 Å². The van der Waals surface area contributed by atoms with Crippen molar-refractivity contribution in [3.8, 4) is 210 Å². The Morgan fingerprint density at radius 1 is 0.143 bits per heavy atom. The predicted molar refractivity (Wildman–Crippen MR) is 521 cm³/mol. The molecular weight excluding hydrogens is 1640 g/mol. The van der Waals surface area contributed by atoms with Crippen molar-refractivity contribution in [2.45, 2.75) is 0 Å². The molecule has 0 amide bonds. The first-order valence-corrected chi connectivity index (χ1v) is 43.1. The molecule has 0 bridgehead atoms. The number of benzene rings is 3. The molecule has 3 aromatic carbocycles. The zero-order chi connectivity index (χ0) is 88.6. The molecule has 20 aromatic heterocycles. The lowest BCUT2D eigenvalue weighted by atomic mass is 9.98. The van der Waals surface area contributed by atoms with E-state index in [1.807, 2.05) is 328 Å². The quantitative estimate of drug-likeness (QED) is 0.0728. The average Bonchev–Trinajstić information content (AvgIpc) is 0.927. The average molecular weight is 1710 g/mol. The molecule has 0 aliphatic carbocycles. The van der Waals surface area contributed by atoms with Crippen molar-refractivity contribution in [3.05, 3.63) is 432 Å². The van der Waals surface area contributed by atoms with E-state index in [0.717, 1.165) is 175 Å². The molecule has 133 heavy (non-hydrogen) atoms. The maximum absolute atomic E-state index is 5.25. The van der Waals surface area contributed by atoms with Gasteiger partial charge in [-0.3, -0.25) is 29.9 Å². The van der Waals surface area contributed by atoms with E-state index in [-0.39, 0.29) is 0 Å². The monoisotopic (exact) mass is 1710 g/mol. The summed E-state index contributed by atoms with van der Waals surface area (Å²) >= 11 is 0. The van der Waals surface area contributed by atoms with E-state index in [1.54, 1.807) is 31.0 Å². The molecule has 23 aromatic rings. The second-order valence-corrected chi connectivity index (χ2v) is 31.1. The zero-order valence-corrected chi connectivity index (χ0v) is 70.9. The minimum Gasteiger partial charge on any atom is -0.308 e. The highest BCUT2D eigenvalue weighted by molar-refractivity contribution is 6.09. The van der Waals surface area contributed by atoms with Crippen molar-refractivity contribution in [2.24, 2.45) is 0 Å². The lowest BCUT2D eigenvalue weighted by molar-refractivity contribution is 1.10. The molecular formula is C112H71N21. The second-order valence-electron chi connectivity index (χ2n) is 31.1. The van der Waals surface area contributed by atoms with Crippen molar-refractivity contribution in [3.63, 3.8) is 0 Å². The Bertz CT molecular complexity index is 7830. The number of hydrogen-bond acceptors (Lipinski definition) is 20. The highest BCUT2D eigenvalue weighted by atomic mass is 15.0. The minimum atomic E-state index is 0.436. The second kappa shape index (κ2) is 36.3. The first-order valence-electron chi connectivity index (χ1n) is 43.1. The largest absolute Gasteiger partial charge is 0.308 e. The van der Waals surface area contributed by atoms with E-state index >= 15 is 0 Å². The SMILES string of the molecule is c1ccc(-c2cccc(-c3cccc(-c4cc(-c5cccc(-c6cccc(-c7ccccn7)n6)n5)nc(-c5ccc(-n6c7ccccc7c7ccccc76)cn5)n4)n3)n2)nc1.c1cncc(-c2cccc(-c3cccc(-c4cc(-c5cccc(-c6cccc(-c7cccc(-c8cccnc8)n7)n6)n5)cc(-c5cccc(-c6cccc(-c7cccc(-c8cccnc8)n7)n6)n5)c4)n3)n2)c1. The van der Waals surface area contributed by atoms with Crippen LogP contribution in [0.15, 0.2) is 432 Å². The summed E-state index contributed by atoms with van der Waals surface area (Å²) in [6.07, 6.45) is 16.1. The van der Waals surface area contributed by atoms with Gasteiger partial charge in [0.2, 0.25) is 0 Å². The number of pyridine rings is 18. The Morgan fingerprint density at radius 2 is 0.391 bits per heavy atom. The van der Waals surface area contributed by atoms with Crippen molar-refractivity contribution in [2.75, 3.05) is 0 Å². The first-order chi connectivity index (χ1) is 65.8. The van der Waals surface area contributed by atoms with Crippen LogP contribution >= 0.6 is 0 Å². The van der Waals surface area contributed by atoms with Crippen molar-refractivity contribution in [1.82, 2.24) is 104 Å². The number of hydrogen-bond donors (Lipinski definition) is 0. The third-order valence-corrected chi connectivity index (χ3v) is 22.4. The van der Waals surface area contributed by atoms with Crippen LogP contribution in [0, 0.1) is 0 Å². The fourth-order valence-electron chi connectivity index (χ4n) is 16.1. The molecule has 0 saturated heterocycles. The molecule has 21 heteroatoms. The number of rotatable bonds is 19. The number of aromatic nitrogens is 21. The van der Waals surface area contributed by atoms with Crippen molar-refractivity contribution < 1.29 is 0 Å². The van der Waals surface area contributed by atoms with Gasteiger partial charge in [-0.2, -0.15) is 0 Å². The summed E-state index contributed by atoms with van der Waals surface area (Å²) in [4.78, 5) is 97.8. The van der Waals surface area contributed by atoms with Gasteiger partial charge in [0.1, 0.15) is 5.69 Å². The van der Waals surface area contributed by atoms with Gasteiger partial charge >= 0.3 is 0 Å². The third-order valence-electron chi connectivity index (χ3n) is 22.4. The summed E-state index contributed by atoms with van der Waals surface area (Å²) in [7, 11) is 0. The lowest BCUT2D eigenvalue weighted by Gasteiger charge is -2.13. The van der Waals surface area contributed by atoms with E-state index < -0.39 is 0 Å². The van der Waals surface area contributed by atoms with Gasteiger partial charge in [0, 0.05) is 93.7 Å². The predicted octanol–water partition coefficient (Wildman–Crippen LogP) is 24.4. The Labute approximate surface area is 763 Å². The Morgan fingerprint density at radius 3 is 0.654 bits per heavy atom. The highest BCUT2D eigenvalue weighted by Crippen LogP contribution is 2.39. The van der Waals surface area contributed by atoms with Crippen LogP contribution in [0.5, 0.6) is 0 Å². The van der Waals surface area contributed by atoms with Crippen LogP contribution in [0.4, 0.5) is 0 Å². The van der Waals surface area contributed by atoms with Gasteiger partial charge in [-0.25, -0.2) is 69.8 Å². The first kappa shape index (κ1) is 80.1. The Kier molecular flexibility index (Phi) is 21.9. The molecule has 0 fully saturated rings. The summed E-state index contributed by atoms with van der Waals surface area (Å²) < 4.78 is 2.24. The van der Waals surface area contributed by atoms with E-state index in [2.05, 4.69) is 102 Å². The molecule has 21 nitrogen and oxygen atoms in total. The van der Waals surface area contributed by atoms with Crippen molar-refractivity contribution >= 4 is 21.8 Å². The molecule has 0 aliphatic rings. The van der Waals surface area contributed by atoms with Crippen molar-refractivity contribution in [1.29, 1.82) is 0 Å². The van der Waals surface area contributed by atoms with E-state index in [4.69, 9.17) is 74.8 Å². The summed E-state index contributed by atoms with van der Waals surface area (Å²) in [5.74, 6) is 0.436. The van der Waals surface area contributed by atoms with E-state index in [1.165, 1.54) is 10.8 Å². The summed E-state index contributed by atoms with van der Waals surface area (Å²) in [5.41, 5.74) is 29.7. The standard InChI is InChI=1S/C61H39N11.C51H32N10/c1-15-46(40-12-9-31-62-37-40)65-52(21-1)53-24-4-18-49(68-53)43-34-44(50-19-5-25-56(69-50)60-29-7-27-58(71-60)54-22-2-16-47(66-54)41-13-10-32-63-38-41)36-45(35-43)51-20-6-26-57(70-51)61-30-8-28-59(72-61)55-23-3-17-48(67-55)42-14-11-33-64-39-42;1-3-25-49-34(13-1)35-14-2-4-26-50(35)61(49)33-27-28-46(54-32-33)51-59-47(44-23-11-21-42(57-44)40-19-9-17-38(55-40)36-15-5-7-29-52-36)31-48(60-51)45-24-12-22-43(58-45)41-20-10-18-39(56-41)37-16-6-8-30-53-37/h1-39H;1-32H. The number of fused-ring (bicyclic) bond motifs is 3. The fraction of sp³-hybridized carbons (Fsp3) is 0. The van der Waals surface area contributed by atoms with Crippen LogP contribution in [0.2, 0.25) is 0 Å². The lowest BCUT2D eigenvalue weighted by Crippen LogP contribution is -2.01. The smallest absolute Gasteiger partial charge is 0.179 e. The molecule has 20 heterocycles. The van der Waals surface area contributed by atoms with Gasteiger partial charge in [-0.1, -0.05) is 121 Å². The molecule has 0 saturated carbocycles. The number of para-hydroxylation sites is 2. The highest BCUT2D eigenvalue weighted by Gasteiger charge is 2.22. The fourth-order valence-corrected chi connectivity index (χ4v) is 16.1. The Balaban J connectivity index is 0.000000157. The topological polar surface area (TPSA) is 263 Å². The molecule has 0 N–H and O–H groups in total. The maximum atomic E-state index is 5.25. The molecule has 0 spiro atoms. The molecule has 0 atom stereocenters. The minimum absolute atomic E-state index is 0.436. The van der Waals surface area contributed by atoms with Crippen LogP contribution in [0.25, 0.3) is 232 Å². The summed E-state index contributed by atoms with van der Waals surface area (Å²) in [5, 5.41) is 2.37. The molecule has 23 rings (SSSR count). The van der Waals surface area contributed by atoms with Gasteiger partial charge in [-0.05, 0) is 255 Å². The summed E-state index contributed by atoms with van der Waals surface area (Å²) in [6.45, 7) is 0. The van der Waals surface area contributed by atoms with Crippen LogP contribution in [0.1, 0.15) is 0 Å². The number of nitrogens with zero attached hydrogens (tertiary/aromatic N) is 21. The zero-order valence-electron chi connectivity index (χ0n) is 70.9. The van der Waals surface area contributed by atoms with Gasteiger partial charge in [0.25, 0.3) is 0 Å². The van der Waals surface area contributed by atoms with Crippen LogP contribution in [0.3, 0.4) is 0 Å². The van der Waals surface area contributed by atoms with Crippen LogP contribution < -0.4 is 0 Å². The third kappa shape index (κ3) is 17.2.